The number of hydrogen-bond acceptors (Lipinski definition) is 3. The maximum absolute atomic E-state index is 5.75. The van der Waals surface area contributed by atoms with Gasteiger partial charge in [0, 0.05) is 19.4 Å². The molecule has 23 heavy (non-hydrogen) atoms. The summed E-state index contributed by atoms with van der Waals surface area (Å²) in [5.41, 5.74) is 1.84. The fraction of sp³-hybridized carbons (Fsp3) is 0.947. The van der Waals surface area contributed by atoms with Gasteiger partial charge in [-0.2, -0.15) is 5.10 Å². The van der Waals surface area contributed by atoms with Gasteiger partial charge in [-0.25, -0.2) is 0 Å². The summed E-state index contributed by atoms with van der Waals surface area (Å²) in [5, 5.41) is 7.89. The predicted molar refractivity (Wildman–Crippen MR) is 105 cm³/mol. The lowest BCUT2D eigenvalue weighted by molar-refractivity contribution is -0.0396. The molecule has 1 aliphatic heterocycles. The van der Waals surface area contributed by atoms with Crippen LogP contribution in [0, 0.1) is 0 Å². The number of nitrogens with zero attached hydrogens (tertiary/aromatic N) is 2. The first-order valence-electron chi connectivity index (χ1n) is 9.27. The minimum absolute atomic E-state index is 0.140. The highest BCUT2D eigenvalue weighted by atomic mass is 28.3. The zero-order chi connectivity index (χ0) is 18.1. The van der Waals surface area contributed by atoms with Gasteiger partial charge in [0.2, 0.25) is 0 Å². The first kappa shape index (κ1) is 20.7. The number of ether oxygens (including phenoxy) is 1. The van der Waals surface area contributed by atoms with E-state index in [1.807, 2.05) is 7.11 Å². The number of methoxy groups -OCH3 is 1. The van der Waals surface area contributed by atoms with Crippen molar-refractivity contribution < 1.29 is 4.74 Å². The molecular weight excluding hydrogens is 300 g/mol. The molecule has 2 atom stereocenters. The summed E-state index contributed by atoms with van der Waals surface area (Å²) in [6.45, 7) is 22.3. The van der Waals surface area contributed by atoms with E-state index in [0.717, 1.165) is 13.0 Å². The third-order valence-electron chi connectivity index (χ3n) is 6.69. The highest BCUT2D eigenvalue weighted by Crippen LogP contribution is 2.44. The Bertz CT molecular complexity index is 424. The molecule has 1 aliphatic rings. The number of hydrazone groups is 1. The molecule has 1 saturated heterocycles. The summed E-state index contributed by atoms with van der Waals surface area (Å²) in [5.74, 6) is 0. The average molecular weight is 341 g/mol. The van der Waals surface area contributed by atoms with Crippen molar-refractivity contribution in [2.75, 3.05) is 13.7 Å². The van der Waals surface area contributed by atoms with E-state index in [2.05, 4.69) is 66.6 Å². The molecule has 4 heteroatoms. The Morgan fingerprint density at radius 3 is 2.26 bits per heavy atom. The van der Waals surface area contributed by atoms with Gasteiger partial charge in [-0.3, -0.25) is 5.01 Å². The molecule has 0 spiro atoms. The van der Waals surface area contributed by atoms with E-state index in [1.165, 1.54) is 18.6 Å². The second kappa shape index (κ2) is 7.26. The molecular formula is C19H40N2OSi. The van der Waals surface area contributed by atoms with Crippen molar-refractivity contribution in [3.05, 3.63) is 0 Å². The Kier molecular flexibility index (Phi) is 6.53. The van der Waals surface area contributed by atoms with E-state index in [-0.39, 0.29) is 5.60 Å². The Hall–Kier alpha value is -0.353. The van der Waals surface area contributed by atoms with Crippen LogP contribution in [0.1, 0.15) is 67.7 Å². The van der Waals surface area contributed by atoms with Gasteiger partial charge in [-0.15, -0.1) is 0 Å². The van der Waals surface area contributed by atoms with Crippen LogP contribution >= 0.6 is 0 Å². The van der Waals surface area contributed by atoms with Crippen molar-refractivity contribution in [3.8, 4) is 0 Å². The molecule has 1 heterocycles. The molecule has 0 N–H and O–H groups in total. The van der Waals surface area contributed by atoms with Crippen LogP contribution in [-0.2, 0) is 4.74 Å². The van der Waals surface area contributed by atoms with E-state index in [4.69, 9.17) is 9.84 Å². The summed E-state index contributed by atoms with van der Waals surface area (Å²) < 4.78 is 5.75. The van der Waals surface area contributed by atoms with E-state index < -0.39 is 8.07 Å². The van der Waals surface area contributed by atoms with E-state index >= 15 is 0 Å². The van der Waals surface area contributed by atoms with E-state index in [0.29, 0.717) is 16.6 Å². The van der Waals surface area contributed by atoms with Crippen LogP contribution in [0.2, 0.25) is 23.7 Å². The molecule has 0 aromatic rings. The molecule has 0 saturated carbocycles. The monoisotopic (exact) mass is 340 g/mol. The second-order valence-electron chi connectivity index (χ2n) is 9.27. The molecule has 0 aromatic heterocycles. The standard InChI is InChI=1S/C19H40N2OSi/c1-11-16(15(2)23(9,10)18(3,4)5)20-21-14-12-13-17(21)19(6,7)22-8/h15,17H,11-14H2,1-10H3/t15-,17+/m1/s1. The zero-order valence-electron chi connectivity index (χ0n) is 17.3. The van der Waals surface area contributed by atoms with Crippen molar-refractivity contribution in [1.82, 2.24) is 5.01 Å². The van der Waals surface area contributed by atoms with Gasteiger partial charge in [-0.05, 0) is 43.7 Å². The lowest BCUT2D eigenvalue weighted by Crippen LogP contribution is -2.47. The number of hydrogen-bond donors (Lipinski definition) is 0. The summed E-state index contributed by atoms with van der Waals surface area (Å²) >= 11 is 0. The molecule has 0 radical (unpaired) electrons. The Morgan fingerprint density at radius 1 is 1.26 bits per heavy atom. The predicted octanol–water partition coefficient (Wildman–Crippen LogP) is 5.54. The molecule has 1 rings (SSSR count). The van der Waals surface area contributed by atoms with Crippen LogP contribution in [0.5, 0.6) is 0 Å². The Morgan fingerprint density at radius 2 is 1.83 bits per heavy atom. The van der Waals surface area contributed by atoms with Gasteiger partial charge < -0.3 is 4.74 Å². The van der Waals surface area contributed by atoms with Gasteiger partial charge >= 0.3 is 0 Å². The maximum atomic E-state index is 5.75. The molecule has 0 unspecified atom stereocenters. The third-order valence-corrected chi connectivity index (χ3v) is 13.1. The summed E-state index contributed by atoms with van der Waals surface area (Å²) in [7, 11) is 0.389. The topological polar surface area (TPSA) is 24.8 Å². The highest BCUT2D eigenvalue weighted by Gasteiger charge is 2.42. The van der Waals surface area contributed by atoms with Gasteiger partial charge in [0.05, 0.1) is 19.7 Å². The van der Waals surface area contributed by atoms with E-state index in [1.54, 1.807) is 0 Å². The second-order valence-corrected chi connectivity index (χ2v) is 15.1. The van der Waals surface area contributed by atoms with E-state index in [9.17, 15) is 0 Å². The number of rotatable bonds is 6. The quantitative estimate of drug-likeness (QED) is 0.468. The van der Waals surface area contributed by atoms with Gasteiger partial charge in [0.1, 0.15) is 0 Å². The van der Waals surface area contributed by atoms with Crippen molar-refractivity contribution in [2.24, 2.45) is 5.10 Å². The first-order chi connectivity index (χ1) is 10.4. The maximum Gasteiger partial charge on any atom is 0.0841 e. The van der Waals surface area contributed by atoms with Crippen LogP contribution in [0.25, 0.3) is 0 Å². The summed E-state index contributed by atoms with van der Waals surface area (Å²) in [6.07, 6.45) is 3.44. The van der Waals surface area contributed by atoms with Gasteiger partial charge in [-0.1, -0.05) is 47.7 Å². The summed E-state index contributed by atoms with van der Waals surface area (Å²) in [4.78, 5) is 0. The van der Waals surface area contributed by atoms with Crippen LogP contribution in [0.3, 0.4) is 0 Å². The fourth-order valence-electron chi connectivity index (χ4n) is 3.41. The van der Waals surface area contributed by atoms with Crippen molar-refractivity contribution in [1.29, 1.82) is 0 Å². The van der Waals surface area contributed by atoms with Crippen molar-refractivity contribution in [2.45, 2.75) is 103 Å². The Balaban J connectivity index is 3.07. The van der Waals surface area contributed by atoms with Crippen molar-refractivity contribution in [3.63, 3.8) is 0 Å². The van der Waals surface area contributed by atoms with Gasteiger partial charge in [0.15, 0.2) is 0 Å². The van der Waals surface area contributed by atoms with Crippen molar-refractivity contribution >= 4 is 13.8 Å². The SMILES string of the molecule is CCC(=NN1CCC[C@H]1C(C)(C)OC)[C@@H](C)[Si](C)(C)C(C)(C)C. The molecule has 3 nitrogen and oxygen atoms in total. The van der Waals surface area contributed by atoms with Gasteiger partial charge in [0.25, 0.3) is 0 Å². The smallest absolute Gasteiger partial charge is 0.0841 e. The first-order valence-corrected chi connectivity index (χ1v) is 12.4. The van der Waals surface area contributed by atoms with Crippen LogP contribution < -0.4 is 0 Å². The normalized spacial score (nSPS) is 22.6. The van der Waals surface area contributed by atoms with Crippen LogP contribution in [0.15, 0.2) is 5.10 Å². The molecule has 136 valence electrons. The third kappa shape index (κ3) is 4.39. The molecule has 0 bridgehead atoms. The minimum Gasteiger partial charge on any atom is -0.377 e. The molecule has 1 fully saturated rings. The highest BCUT2D eigenvalue weighted by molar-refractivity contribution is 6.84. The van der Waals surface area contributed by atoms with Crippen LogP contribution in [-0.4, -0.2) is 44.1 Å². The fourth-order valence-corrected chi connectivity index (χ4v) is 5.80. The molecule has 0 aromatic carbocycles. The average Bonchev–Trinajstić information content (AvgIpc) is 2.91. The largest absolute Gasteiger partial charge is 0.377 e. The lowest BCUT2D eigenvalue weighted by atomic mass is 9.97. The molecule has 0 aliphatic carbocycles. The van der Waals surface area contributed by atoms with Crippen LogP contribution in [0.4, 0.5) is 0 Å². The minimum atomic E-state index is -1.43. The zero-order valence-corrected chi connectivity index (χ0v) is 18.3. The molecule has 0 amide bonds. The summed E-state index contributed by atoms with van der Waals surface area (Å²) in [6, 6.07) is 0.390. The Labute approximate surface area is 145 Å². The lowest BCUT2D eigenvalue weighted by Gasteiger charge is -2.43.